The van der Waals surface area contributed by atoms with Crippen molar-refractivity contribution in [2.45, 2.75) is 5.16 Å². The highest BCUT2D eigenvalue weighted by Gasteiger charge is 2.14. The number of benzene rings is 1. The number of nitrogens with two attached hydrogens (primary N) is 1. The molecular weight excluding hydrogens is 342 g/mol. The van der Waals surface area contributed by atoms with Crippen LogP contribution >= 0.6 is 11.8 Å². The van der Waals surface area contributed by atoms with Crippen LogP contribution in [0.2, 0.25) is 0 Å². The van der Waals surface area contributed by atoms with Gasteiger partial charge < -0.3 is 20.0 Å². The first-order valence-corrected chi connectivity index (χ1v) is 8.29. The van der Waals surface area contributed by atoms with Crippen LogP contribution in [0.4, 0.5) is 5.69 Å². The van der Waals surface area contributed by atoms with E-state index in [-0.39, 0.29) is 11.7 Å². The zero-order chi connectivity index (χ0) is 17.8. The number of hydrogen-bond donors (Lipinski definition) is 2. The molecule has 0 spiro atoms. The van der Waals surface area contributed by atoms with E-state index in [1.807, 2.05) is 0 Å². The van der Waals surface area contributed by atoms with E-state index in [1.54, 1.807) is 54.3 Å². The van der Waals surface area contributed by atoms with Crippen molar-refractivity contribution in [1.29, 1.82) is 0 Å². The molecule has 9 heteroatoms. The molecule has 0 aliphatic heterocycles. The Bertz CT molecular complexity index is 887. The third-order valence-electron chi connectivity index (χ3n) is 3.36. The van der Waals surface area contributed by atoms with Crippen LogP contribution in [0.3, 0.4) is 0 Å². The molecule has 0 fully saturated rings. The molecule has 8 nitrogen and oxygen atoms in total. The van der Waals surface area contributed by atoms with Gasteiger partial charge in [-0.15, -0.1) is 10.2 Å². The highest BCUT2D eigenvalue weighted by atomic mass is 32.2. The maximum Gasteiger partial charge on any atom is 0.248 e. The number of hydrogen-bond acceptors (Lipinski definition) is 6. The van der Waals surface area contributed by atoms with Crippen molar-refractivity contribution in [1.82, 2.24) is 14.8 Å². The molecule has 3 N–H and O–H groups in total. The molecule has 3 rings (SSSR count). The molecule has 2 heterocycles. The summed E-state index contributed by atoms with van der Waals surface area (Å²) in [7, 11) is 1.81. The Hall–Kier alpha value is -3.07. The summed E-state index contributed by atoms with van der Waals surface area (Å²) in [6.07, 6.45) is 1.56. The predicted octanol–water partition coefficient (Wildman–Crippen LogP) is 1.90. The van der Waals surface area contributed by atoms with Crippen molar-refractivity contribution in [3.05, 3.63) is 48.2 Å². The first-order valence-electron chi connectivity index (χ1n) is 7.30. The summed E-state index contributed by atoms with van der Waals surface area (Å²) in [6, 6.07) is 9.93. The van der Waals surface area contributed by atoms with Gasteiger partial charge in [-0.3, -0.25) is 9.59 Å². The van der Waals surface area contributed by atoms with E-state index < -0.39 is 5.91 Å². The van der Waals surface area contributed by atoms with E-state index in [0.717, 1.165) is 0 Å². The molecule has 3 aromatic rings. The fraction of sp³-hybridized carbons (Fsp3) is 0.125. The Kier molecular flexibility index (Phi) is 4.85. The van der Waals surface area contributed by atoms with Crippen molar-refractivity contribution in [3.63, 3.8) is 0 Å². The number of amides is 2. The minimum absolute atomic E-state index is 0.168. The molecule has 2 amide bonds. The van der Waals surface area contributed by atoms with Gasteiger partial charge in [-0.25, -0.2) is 0 Å². The fourth-order valence-corrected chi connectivity index (χ4v) is 2.82. The number of carbonyl (C=O) groups is 2. The first kappa shape index (κ1) is 16.8. The number of thioether (sulfide) groups is 1. The Morgan fingerprint density at radius 3 is 2.64 bits per heavy atom. The molecular formula is C16H15N5O3S. The van der Waals surface area contributed by atoms with Crippen LogP contribution in [-0.2, 0) is 11.8 Å². The predicted molar refractivity (Wildman–Crippen MR) is 93.0 cm³/mol. The van der Waals surface area contributed by atoms with Crippen molar-refractivity contribution >= 4 is 29.3 Å². The summed E-state index contributed by atoms with van der Waals surface area (Å²) in [4.78, 5) is 23.1. The molecule has 128 valence electrons. The average molecular weight is 357 g/mol. The summed E-state index contributed by atoms with van der Waals surface area (Å²) in [5.74, 6) is 0.667. The quantitative estimate of drug-likeness (QED) is 0.651. The second kappa shape index (κ2) is 7.22. The summed E-state index contributed by atoms with van der Waals surface area (Å²) in [5, 5.41) is 11.5. The van der Waals surface area contributed by atoms with Gasteiger partial charge in [0, 0.05) is 18.3 Å². The maximum absolute atomic E-state index is 12.1. The number of rotatable bonds is 6. The van der Waals surface area contributed by atoms with Crippen molar-refractivity contribution in [3.8, 4) is 11.6 Å². The zero-order valence-electron chi connectivity index (χ0n) is 13.3. The second-order valence-corrected chi connectivity index (χ2v) is 6.06. The van der Waals surface area contributed by atoms with Gasteiger partial charge in [0.05, 0.1) is 12.0 Å². The van der Waals surface area contributed by atoms with Crippen molar-refractivity contribution in [2.75, 3.05) is 11.1 Å². The number of nitrogens with zero attached hydrogens (tertiary/aromatic N) is 3. The normalized spacial score (nSPS) is 10.6. The van der Waals surface area contributed by atoms with Gasteiger partial charge in [0.15, 0.2) is 16.7 Å². The molecule has 1 aromatic carbocycles. The number of furan rings is 1. The number of anilines is 1. The SMILES string of the molecule is Cn1c(SCC(=O)Nc2ccc(C(N)=O)cc2)nnc1-c1ccco1. The van der Waals surface area contributed by atoms with Gasteiger partial charge in [0.2, 0.25) is 11.8 Å². The summed E-state index contributed by atoms with van der Waals surface area (Å²) in [5.41, 5.74) is 6.15. The third kappa shape index (κ3) is 3.89. The number of nitrogens with one attached hydrogen (secondary N) is 1. The van der Waals surface area contributed by atoms with E-state index in [4.69, 9.17) is 10.2 Å². The number of aromatic nitrogens is 3. The largest absolute Gasteiger partial charge is 0.461 e. The monoisotopic (exact) mass is 357 g/mol. The molecule has 0 bridgehead atoms. The third-order valence-corrected chi connectivity index (χ3v) is 4.38. The Labute approximate surface area is 147 Å². The second-order valence-electron chi connectivity index (χ2n) is 5.12. The smallest absolute Gasteiger partial charge is 0.248 e. The molecule has 2 aromatic heterocycles. The lowest BCUT2D eigenvalue weighted by molar-refractivity contribution is -0.113. The van der Waals surface area contributed by atoms with E-state index in [9.17, 15) is 9.59 Å². The van der Waals surface area contributed by atoms with E-state index in [1.165, 1.54) is 11.8 Å². The van der Waals surface area contributed by atoms with Gasteiger partial charge in [-0.1, -0.05) is 11.8 Å². The molecule has 0 saturated heterocycles. The Balaban J connectivity index is 1.58. The lowest BCUT2D eigenvalue weighted by atomic mass is 10.2. The van der Waals surface area contributed by atoms with Crippen LogP contribution in [-0.4, -0.2) is 32.3 Å². The van der Waals surface area contributed by atoms with E-state index in [2.05, 4.69) is 15.5 Å². The maximum atomic E-state index is 12.1. The number of primary amides is 1. The van der Waals surface area contributed by atoms with Gasteiger partial charge in [-0.2, -0.15) is 0 Å². The van der Waals surface area contributed by atoms with E-state index in [0.29, 0.717) is 28.0 Å². The van der Waals surface area contributed by atoms with Crippen LogP contribution in [0.1, 0.15) is 10.4 Å². The lowest BCUT2D eigenvalue weighted by Crippen LogP contribution is -2.15. The molecule has 0 atom stereocenters. The lowest BCUT2D eigenvalue weighted by Gasteiger charge is -2.05. The molecule has 25 heavy (non-hydrogen) atoms. The minimum atomic E-state index is -0.511. The molecule has 0 aliphatic carbocycles. The Morgan fingerprint density at radius 1 is 1.24 bits per heavy atom. The summed E-state index contributed by atoms with van der Waals surface area (Å²) < 4.78 is 7.06. The molecule has 0 unspecified atom stereocenters. The zero-order valence-corrected chi connectivity index (χ0v) is 14.1. The summed E-state index contributed by atoms with van der Waals surface area (Å²) >= 11 is 1.26. The highest BCUT2D eigenvalue weighted by molar-refractivity contribution is 7.99. The van der Waals surface area contributed by atoms with E-state index >= 15 is 0 Å². The average Bonchev–Trinajstić information content (AvgIpc) is 3.23. The van der Waals surface area contributed by atoms with Crippen LogP contribution in [0.5, 0.6) is 0 Å². The van der Waals surface area contributed by atoms with Crippen LogP contribution < -0.4 is 11.1 Å². The number of carbonyl (C=O) groups excluding carboxylic acids is 2. The fourth-order valence-electron chi connectivity index (χ4n) is 2.11. The van der Waals surface area contributed by atoms with Crippen LogP contribution in [0.25, 0.3) is 11.6 Å². The topological polar surface area (TPSA) is 116 Å². The molecule has 0 saturated carbocycles. The van der Waals surface area contributed by atoms with Gasteiger partial charge >= 0.3 is 0 Å². The van der Waals surface area contributed by atoms with Gasteiger partial charge in [0.1, 0.15) is 0 Å². The first-order chi connectivity index (χ1) is 12.0. The Morgan fingerprint density at radius 2 is 2.00 bits per heavy atom. The minimum Gasteiger partial charge on any atom is -0.461 e. The molecule has 0 radical (unpaired) electrons. The standard InChI is InChI=1S/C16H15N5O3S/c1-21-15(12-3-2-8-24-12)19-20-16(21)25-9-13(22)18-11-6-4-10(5-7-11)14(17)23/h2-8H,9H2,1H3,(H2,17,23)(H,18,22). The summed E-state index contributed by atoms with van der Waals surface area (Å²) in [6.45, 7) is 0. The van der Waals surface area contributed by atoms with Crippen molar-refractivity contribution in [2.24, 2.45) is 12.8 Å². The molecule has 0 aliphatic rings. The highest BCUT2D eigenvalue weighted by Crippen LogP contribution is 2.23. The van der Waals surface area contributed by atoms with Gasteiger partial charge in [-0.05, 0) is 36.4 Å². The van der Waals surface area contributed by atoms with Crippen LogP contribution in [0.15, 0.2) is 52.2 Å². The van der Waals surface area contributed by atoms with Gasteiger partial charge in [0.25, 0.3) is 0 Å². The van der Waals surface area contributed by atoms with Crippen molar-refractivity contribution < 1.29 is 14.0 Å². The van der Waals surface area contributed by atoms with Crippen LogP contribution in [0, 0.1) is 0 Å².